The van der Waals surface area contributed by atoms with E-state index in [1.54, 1.807) is 0 Å². The van der Waals surface area contributed by atoms with Crippen LogP contribution in [0.15, 0.2) is 18.2 Å². The van der Waals surface area contributed by atoms with Gasteiger partial charge in [-0.25, -0.2) is 4.98 Å². The van der Waals surface area contributed by atoms with E-state index in [-0.39, 0.29) is 6.10 Å². The fourth-order valence-corrected chi connectivity index (χ4v) is 3.12. The molecule has 0 spiro atoms. The highest BCUT2D eigenvalue weighted by molar-refractivity contribution is 5.77. The molecule has 1 aliphatic rings. The van der Waals surface area contributed by atoms with Gasteiger partial charge >= 0.3 is 0 Å². The Kier molecular flexibility index (Phi) is 4.00. The van der Waals surface area contributed by atoms with Crippen LogP contribution in [0.1, 0.15) is 44.7 Å². The van der Waals surface area contributed by atoms with E-state index in [9.17, 15) is 0 Å². The molecular formula is C17H25N3O. The third kappa shape index (κ3) is 2.70. The average molecular weight is 287 g/mol. The second kappa shape index (κ2) is 5.78. The Morgan fingerprint density at radius 2 is 2.24 bits per heavy atom. The van der Waals surface area contributed by atoms with Crippen molar-refractivity contribution in [3.63, 3.8) is 0 Å². The third-order valence-corrected chi connectivity index (χ3v) is 4.27. The van der Waals surface area contributed by atoms with Gasteiger partial charge in [0.1, 0.15) is 11.9 Å². The van der Waals surface area contributed by atoms with Crippen LogP contribution in [0.25, 0.3) is 11.0 Å². The van der Waals surface area contributed by atoms with Crippen LogP contribution >= 0.6 is 0 Å². The van der Waals surface area contributed by atoms with Gasteiger partial charge in [0.2, 0.25) is 0 Å². The summed E-state index contributed by atoms with van der Waals surface area (Å²) in [6, 6.07) is 6.36. The highest BCUT2D eigenvalue weighted by atomic mass is 16.5. The van der Waals surface area contributed by atoms with E-state index in [1.807, 2.05) is 0 Å². The first-order valence-corrected chi connectivity index (χ1v) is 7.91. The predicted molar refractivity (Wildman–Crippen MR) is 84.9 cm³/mol. The molecule has 3 rings (SSSR count). The maximum atomic E-state index is 5.95. The lowest BCUT2D eigenvalue weighted by atomic mass is 10.0. The Morgan fingerprint density at radius 1 is 1.43 bits per heavy atom. The summed E-state index contributed by atoms with van der Waals surface area (Å²) in [5.41, 5.74) is 9.11. The summed E-state index contributed by atoms with van der Waals surface area (Å²) in [4.78, 5) is 4.89. The maximum absolute atomic E-state index is 5.95. The van der Waals surface area contributed by atoms with Crippen molar-refractivity contribution in [3.8, 4) is 0 Å². The number of hydrogen-bond acceptors (Lipinski definition) is 3. The molecule has 2 aromatic rings. The number of rotatable bonds is 4. The molecule has 21 heavy (non-hydrogen) atoms. The molecule has 114 valence electrons. The van der Waals surface area contributed by atoms with E-state index in [4.69, 9.17) is 15.5 Å². The summed E-state index contributed by atoms with van der Waals surface area (Å²) in [6.07, 6.45) is 1.24. The molecule has 2 unspecified atom stereocenters. The van der Waals surface area contributed by atoms with Gasteiger partial charge < -0.3 is 15.0 Å². The predicted octanol–water partition coefficient (Wildman–Crippen LogP) is 3.25. The van der Waals surface area contributed by atoms with Gasteiger partial charge in [-0.15, -0.1) is 0 Å². The van der Waals surface area contributed by atoms with E-state index >= 15 is 0 Å². The highest BCUT2D eigenvalue weighted by Crippen LogP contribution is 2.35. The topological polar surface area (TPSA) is 53.1 Å². The molecule has 1 aliphatic heterocycles. The first-order chi connectivity index (χ1) is 10.1. The van der Waals surface area contributed by atoms with Crippen LogP contribution < -0.4 is 5.73 Å². The van der Waals surface area contributed by atoms with E-state index in [0.29, 0.717) is 18.4 Å². The standard InChI is InChI=1S/C17H25N3O/c1-11(2)10-20-15-5-4-13(9-18)8-14(15)19-17(20)16-12(3)6-7-21-16/h4-5,8,11-12,16H,6-7,9-10,18H2,1-3H3. The fraction of sp³-hybridized carbons (Fsp3) is 0.588. The number of fused-ring (bicyclic) bond motifs is 1. The molecule has 0 amide bonds. The number of nitrogens with zero attached hydrogens (tertiary/aromatic N) is 2. The van der Waals surface area contributed by atoms with Crippen LogP contribution in [0.5, 0.6) is 0 Å². The number of nitrogens with two attached hydrogens (primary N) is 1. The number of aromatic nitrogens is 2. The van der Waals surface area contributed by atoms with Crippen molar-refractivity contribution in [1.29, 1.82) is 0 Å². The van der Waals surface area contributed by atoms with Crippen molar-refractivity contribution in [2.24, 2.45) is 17.6 Å². The summed E-state index contributed by atoms with van der Waals surface area (Å²) in [5.74, 6) is 2.19. The second-order valence-corrected chi connectivity index (χ2v) is 6.56. The first-order valence-electron chi connectivity index (χ1n) is 7.91. The van der Waals surface area contributed by atoms with E-state index in [0.717, 1.165) is 36.5 Å². The number of hydrogen-bond donors (Lipinski definition) is 1. The molecule has 0 saturated carbocycles. The van der Waals surface area contributed by atoms with Gasteiger partial charge in [-0.3, -0.25) is 0 Å². The van der Waals surface area contributed by atoms with Crippen LogP contribution in [0.4, 0.5) is 0 Å². The summed E-state index contributed by atoms with van der Waals surface area (Å²) in [6.45, 7) is 9.09. The minimum Gasteiger partial charge on any atom is -0.370 e. The monoisotopic (exact) mass is 287 g/mol. The van der Waals surface area contributed by atoms with Gasteiger partial charge in [0.15, 0.2) is 0 Å². The van der Waals surface area contributed by atoms with Crippen LogP contribution in [0.2, 0.25) is 0 Å². The highest BCUT2D eigenvalue weighted by Gasteiger charge is 2.30. The first kappa shape index (κ1) is 14.5. The summed E-state index contributed by atoms with van der Waals surface area (Å²) >= 11 is 0. The van der Waals surface area contributed by atoms with Crippen molar-refractivity contribution in [3.05, 3.63) is 29.6 Å². The minimum atomic E-state index is 0.123. The maximum Gasteiger partial charge on any atom is 0.139 e. The van der Waals surface area contributed by atoms with E-state index < -0.39 is 0 Å². The van der Waals surface area contributed by atoms with Gasteiger partial charge in [-0.05, 0) is 36.0 Å². The average Bonchev–Trinajstić information content (AvgIpc) is 3.02. The smallest absolute Gasteiger partial charge is 0.139 e. The van der Waals surface area contributed by atoms with Crippen molar-refractivity contribution in [1.82, 2.24) is 9.55 Å². The molecule has 1 aromatic heterocycles. The number of imidazole rings is 1. The molecule has 1 aromatic carbocycles. The molecule has 1 fully saturated rings. The normalized spacial score (nSPS) is 22.5. The number of ether oxygens (including phenoxy) is 1. The van der Waals surface area contributed by atoms with Crippen molar-refractivity contribution in [2.75, 3.05) is 6.61 Å². The minimum absolute atomic E-state index is 0.123. The van der Waals surface area contributed by atoms with Gasteiger partial charge in [-0.2, -0.15) is 0 Å². The zero-order valence-corrected chi connectivity index (χ0v) is 13.2. The molecule has 2 N–H and O–H groups in total. The largest absolute Gasteiger partial charge is 0.370 e. The lowest BCUT2D eigenvalue weighted by molar-refractivity contribution is 0.0841. The molecule has 2 heterocycles. The molecule has 1 saturated heterocycles. The molecule has 4 nitrogen and oxygen atoms in total. The van der Waals surface area contributed by atoms with Crippen molar-refractivity contribution < 1.29 is 4.74 Å². The Balaban J connectivity index is 2.12. The van der Waals surface area contributed by atoms with Crippen molar-refractivity contribution in [2.45, 2.75) is 46.4 Å². The Labute approximate surface area is 126 Å². The van der Waals surface area contributed by atoms with Crippen LogP contribution in [0.3, 0.4) is 0 Å². The molecule has 0 radical (unpaired) electrons. The third-order valence-electron chi connectivity index (χ3n) is 4.27. The molecule has 0 bridgehead atoms. The van der Waals surface area contributed by atoms with E-state index in [1.165, 1.54) is 5.52 Å². The molecule has 2 atom stereocenters. The lowest BCUT2D eigenvalue weighted by Crippen LogP contribution is -2.15. The van der Waals surface area contributed by atoms with Crippen molar-refractivity contribution >= 4 is 11.0 Å². The number of benzene rings is 1. The van der Waals surface area contributed by atoms with Gasteiger partial charge in [0.05, 0.1) is 11.0 Å². The van der Waals surface area contributed by atoms with Gasteiger partial charge in [-0.1, -0.05) is 26.8 Å². The molecular weight excluding hydrogens is 262 g/mol. The van der Waals surface area contributed by atoms with Crippen LogP contribution in [0, 0.1) is 11.8 Å². The zero-order chi connectivity index (χ0) is 15.0. The van der Waals surface area contributed by atoms with Gasteiger partial charge in [0, 0.05) is 19.7 Å². The Morgan fingerprint density at radius 3 is 2.86 bits per heavy atom. The SMILES string of the molecule is CC(C)Cn1c(C2OCCC2C)nc2cc(CN)ccc21. The van der Waals surface area contributed by atoms with Crippen LogP contribution in [-0.4, -0.2) is 16.2 Å². The zero-order valence-electron chi connectivity index (χ0n) is 13.2. The molecule has 0 aliphatic carbocycles. The second-order valence-electron chi connectivity index (χ2n) is 6.56. The van der Waals surface area contributed by atoms with Crippen LogP contribution in [-0.2, 0) is 17.8 Å². The van der Waals surface area contributed by atoms with E-state index in [2.05, 4.69) is 43.5 Å². The Hall–Kier alpha value is -1.39. The summed E-state index contributed by atoms with van der Waals surface area (Å²) in [7, 11) is 0. The lowest BCUT2D eigenvalue weighted by Gasteiger charge is -2.18. The fourth-order valence-electron chi connectivity index (χ4n) is 3.12. The summed E-state index contributed by atoms with van der Waals surface area (Å²) in [5, 5.41) is 0. The summed E-state index contributed by atoms with van der Waals surface area (Å²) < 4.78 is 8.29. The van der Waals surface area contributed by atoms with Gasteiger partial charge in [0.25, 0.3) is 0 Å². The quantitative estimate of drug-likeness (QED) is 0.939. The Bertz CT molecular complexity index is 632. The molecule has 4 heteroatoms.